The summed E-state index contributed by atoms with van der Waals surface area (Å²) in [6.07, 6.45) is 7.78. The number of fused-ring (bicyclic) bond motifs is 1. The number of anilines is 3. The largest absolute Gasteiger partial charge is 0.383 e. The normalized spacial score (nSPS) is 21.7. The van der Waals surface area contributed by atoms with Crippen molar-refractivity contribution in [3.8, 4) is 0 Å². The number of rotatable bonds is 10. The molecule has 0 saturated heterocycles. The molecule has 1 saturated carbocycles. The second kappa shape index (κ2) is 12.9. The Balaban J connectivity index is 1.42. The molecule has 4 N–H and O–H groups in total. The van der Waals surface area contributed by atoms with E-state index in [1.165, 1.54) is 11.1 Å². The van der Waals surface area contributed by atoms with Gasteiger partial charge in [0.1, 0.15) is 5.02 Å². The van der Waals surface area contributed by atoms with Crippen LogP contribution in [-0.2, 0) is 28.8 Å². The molecule has 192 valence electrons. The molecule has 2 aliphatic rings. The van der Waals surface area contributed by atoms with Gasteiger partial charge in [0.05, 0.1) is 12.8 Å². The first-order valence-electron chi connectivity index (χ1n) is 12.3. The maximum absolute atomic E-state index is 11.1. The molecule has 0 radical (unpaired) electrons. The summed E-state index contributed by atoms with van der Waals surface area (Å²) in [5, 5.41) is 7.26. The molecule has 1 aromatic carbocycles. The zero-order valence-electron chi connectivity index (χ0n) is 20.1. The van der Waals surface area contributed by atoms with Crippen molar-refractivity contribution in [3.63, 3.8) is 0 Å². The molecular weight excluding hydrogens is 488 g/mol. The molecule has 4 rings (SSSR count). The Labute approximate surface area is 214 Å². The molecule has 0 spiro atoms. The fourth-order valence-corrected chi connectivity index (χ4v) is 5.45. The molecule has 9 nitrogen and oxygen atoms in total. The number of hydrogen-bond donors (Lipinski definition) is 4. The smallest absolute Gasteiger partial charge is 0.231 e. The van der Waals surface area contributed by atoms with E-state index in [0.29, 0.717) is 23.3 Å². The molecule has 35 heavy (non-hydrogen) atoms. The molecule has 2 heterocycles. The van der Waals surface area contributed by atoms with Crippen LogP contribution in [0.15, 0.2) is 24.4 Å². The molecule has 11 heteroatoms. The van der Waals surface area contributed by atoms with Crippen LogP contribution in [0.1, 0.15) is 36.8 Å². The van der Waals surface area contributed by atoms with Gasteiger partial charge in [-0.05, 0) is 54.9 Å². The minimum Gasteiger partial charge on any atom is -0.383 e. The molecule has 0 amide bonds. The Kier molecular flexibility index (Phi) is 9.70. The van der Waals surface area contributed by atoms with Crippen molar-refractivity contribution in [2.75, 3.05) is 50.5 Å². The lowest BCUT2D eigenvalue weighted by atomic mass is 9.84. The van der Waals surface area contributed by atoms with Gasteiger partial charge < -0.3 is 20.3 Å². The maximum atomic E-state index is 11.1. The lowest BCUT2D eigenvalue weighted by Gasteiger charge is -2.32. The lowest BCUT2D eigenvalue weighted by Crippen LogP contribution is -2.39. The van der Waals surface area contributed by atoms with E-state index in [4.69, 9.17) is 20.9 Å². The number of halogens is 1. The van der Waals surface area contributed by atoms with E-state index in [0.717, 1.165) is 70.5 Å². The molecule has 1 aromatic heterocycles. The maximum Gasteiger partial charge on any atom is 0.231 e. The number of nitrogens with zero attached hydrogens (tertiary/aromatic N) is 3. The zero-order valence-corrected chi connectivity index (χ0v) is 21.7. The van der Waals surface area contributed by atoms with E-state index < -0.39 is 11.3 Å². The van der Waals surface area contributed by atoms with Gasteiger partial charge in [-0.25, -0.2) is 13.9 Å². The highest BCUT2D eigenvalue weighted by molar-refractivity contribution is 7.77. The van der Waals surface area contributed by atoms with Gasteiger partial charge in [-0.2, -0.15) is 4.98 Å². The van der Waals surface area contributed by atoms with Crippen LogP contribution in [-0.4, -0.2) is 69.6 Å². The second-order valence-corrected chi connectivity index (χ2v) is 10.4. The van der Waals surface area contributed by atoms with E-state index >= 15 is 0 Å². The van der Waals surface area contributed by atoms with E-state index in [1.54, 1.807) is 13.3 Å². The highest BCUT2D eigenvalue weighted by Crippen LogP contribution is 2.30. The molecule has 1 fully saturated rings. The number of aromatic nitrogens is 2. The Morgan fingerprint density at radius 2 is 2.03 bits per heavy atom. The first-order chi connectivity index (χ1) is 17.0. The molecule has 0 bridgehead atoms. The topological polar surface area (TPSA) is 112 Å². The SMILES string of the molecule is COCCN1CCc2ccc(Nc3ncc(Cl)c(N[C@@H]4CCCC[C@@H]4CNS(=O)O)n3)cc2CC1. The van der Waals surface area contributed by atoms with E-state index in [1.807, 2.05) is 0 Å². The van der Waals surface area contributed by atoms with Crippen LogP contribution < -0.4 is 15.4 Å². The predicted octanol–water partition coefficient (Wildman–Crippen LogP) is 3.62. The molecule has 1 unspecified atom stereocenters. The summed E-state index contributed by atoms with van der Waals surface area (Å²) in [5.41, 5.74) is 3.68. The van der Waals surface area contributed by atoms with Crippen LogP contribution in [0.5, 0.6) is 0 Å². The third kappa shape index (κ3) is 7.58. The van der Waals surface area contributed by atoms with Gasteiger partial charge in [0.15, 0.2) is 5.82 Å². The van der Waals surface area contributed by atoms with Gasteiger partial charge in [-0.3, -0.25) is 4.55 Å². The van der Waals surface area contributed by atoms with Crippen LogP contribution in [0.2, 0.25) is 5.02 Å². The van der Waals surface area contributed by atoms with Gasteiger partial charge in [-0.15, -0.1) is 0 Å². The van der Waals surface area contributed by atoms with Gasteiger partial charge in [-0.1, -0.05) is 30.5 Å². The summed E-state index contributed by atoms with van der Waals surface area (Å²) >= 11 is 4.41. The summed E-state index contributed by atoms with van der Waals surface area (Å²) < 4.78 is 28.0. The Morgan fingerprint density at radius 1 is 1.23 bits per heavy atom. The first-order valence-corrected chi connectivity index (χ1v) is 13.7. The highest BCUT2D eigenvalue weighted by Gasteiger charge is 2.26. The van der Waals surface area contributed by atoms with Crippen molar-refractivity contribution in [2.24, 2.45) is 5.92 Å². The lowest BCUT2D eigenvalue weighted by molar-refractivity contribution is 0.150. The number of ether oxygens (including phenoxy) is 1. The summed E-state index contributed by atoms with van der Waals surface area (Å²) in [6, 6.07) is 6.58. The van der Waals surface area contributed by atoms with Crippen molar-refractivity contribution in [1.29, 1.82) is 0 Å². The molecule has 2 aromatic rings. The van der Waals surface area contributed by atoms with Gasteiger partial charge in [0.25, 0.3) is 0 Å². The Morgan fingerprint density at radius 3 is 2.83 bits per heavy atom. The quantitative estimate of drug-likeness (QED) is 0.350. The van der Waals surface area contributed by atoms with Crippen LogP contribution >= 0.6 is 11.6 Å². The van der Waals surface area contributed by atoms with Gasteiger partial charge >= 0.3 is 0 Å². The zero-order chi connectivity index (χ0) is 24.6. The third-order valence-electron chi connectivity index (χ3n) is 6.91. The van der Waals surface area contributed by atoms with Crippen LogP contribution in [0.25, 0.3) is 0 Å². The monoisotopic (exact) mass is 522 g/mol. The Bertz CT molecular complexity index is 1010. The summed E-state index contributed by atoms with van der Waals surface area (Å²) in [7, 11) is 1.75. The number of hydrogen-bond acceptors (Lipinski definition) is 7. The van der Waals surface area contributed by atoms with E-state index in [2.05, 4.69) is 48.4 Å². The minimum absolute atomic E-state index is 0.119. The van der Waals surface area contributed by atoms with E-state index in [-0.39, 0.29) is 12.0 Å². The van der Waals surface area contributed by atoms with Crippen molar-refractivity contribution >= 4 is 40.3 Å². The molecule has 1 aliphatic heterocycles. The van der Waals surface area contributed by atoms with Crippen molar-refractivity contribution in [1.82, 2.24) is 19.6 Å². The summed E-state index contributed by atoms with van der Waals surface area (Å²) in [4.78, 5) is 11.5. The van der Waals surface area contributed by atoms with Crippen molar-refractivity contribution < 1.29 is 13.5 Å². The number of benzene rings is 1. The number of nitrogens with one attached hydrogen (secondary N) is 3. The first kappa shape index (κ1) is 26.2. The average Bonchev–Trinajstić information content (AvgIpc) is 3.06. The molecular formula is C24H35ClN6O3S. The summed E-state index contributed by atoms with van der Waals surface area (Å²) in [6.45, 7) is 4.25. The fraction of sp³-hybridized carbons (Fsp3) is 0.583. The van der Waals surface area contributed by atoms with Crippen molar-refractivity contribution in [3.05, 3.63) is 40.5 Å². The average molecular weight is 523 g/mol. The standard InChI is InChI=1S/C24H35ClN6O3S/c1-34-13-12-31-10-8-17-6-7-20(14-18(17)9-11-31)28-24-26-16-21(25)23(30-24)29-22-5-3-2-4-19(22)15-27-35(32)33/h6-7,14,16,19,22,27H,2-5,8-13,15H2,1H3,(H,32,33)(H2,26,28,29,30)/t19-,22-/m1/s1. The molecule has 1 aliphatic carbocycles. The van der Waals surface area contributed by atoms with Crippen LogP contribution in [0.4, 0.5) is 17.5 Å². The van der Waals surface area contributed by atoms with E-state index in [9.17, 15) is 4.21 Å². The van der Waals surface area contributed by atoms with Crippen LogP contribution in [0, 0.1) is 5.92 Å². The second-order valence-electron chi connectivity index (χ2n) is 9.23. The fourth-order valence-electron chi connectivity index (χ4n) is 4.95. The van der Waals surface area contributed by atoms with Crippen molar-refractivity contribution in [2.45, 2.75) is 44.6 Å². The highest BCUT2D eigenvalue weighted by atomic mass is 35.5. The third-order valence-corrected chi connectivity index (χ3v) is 7.60. The predicted molar refractivity (Wildman–Crippen MR) is 141 cm³/mol. The van der Waals surface area contributed by atoms with Gasteiger partial charge in [0.2, 0.25) is 17.2 Å². The summed E-state index contributed by atoms with van der Waals surface area (Å²) in [5.74, 6) is 1.28. The van der Waals surface area contributed by atoms with Gasteiger partial charge in [0, 0.05) is 45.0 Å². The minimum atomic E-state index is -2.01. The number of methoxy groups -OCH3 is 1. The van der Waals surface area contributed by atoms with Crippen LogP contribution in [0.3, 0.4) is 0 Å². The molecule has 3 atom stereocenters. The Hall–Kier alpha value is -1.82.